The highest BCUT2D eigenvalue weighted by Crippen LogP contribution is 2.32. The summed E-state index contributed by atoms with van der Waals surface area (Å²) in [6.45, 7) is 2.82. The predicted octanol–water partition coefficient (Wildman–Crippen LogP) is 2.51. The number of nitrogens with two attached hydrogens (primary N) is 1. The summed E-state index contributed by atoms with van der Waals surface area (Å²) in [5, 5.41) is 0. The summed E-state index contributed by atoms with van der Waals surface area (Å²) in [5.74, 6) is 1.62. The molecule has 0 bridgehead atoms. The highest BCUT2D eigenvalue weighted by Gasteiger charge is 2.25. The van der Waals surface area contributed by atoms with Gasteiger partial charge in [-0.3, -0.25) is 0 Å². The van der Waals surface area contributed by atoms with Crippen LogP contribution in [0.1, 0.15) is 31.4 Å². The van der Waals surface area contributed by atoms with Gasteiger partial charge in [-0.15, -0.1) is 0 Å². The van der Waals surface area contributed by atoms with E-state index < -0.39 is 0 Å². The van der Waals surface area contributed by atoms with Crippen molar-refractivity contribution in [2.75, 3.05) is 13.7 Å². The Morgan fingerprint density at radius 3 is 2.41 bits per heavy atom. The molecule has 1 aromatic rings. The van der Waals surface area contributed by atoms with E-state index in [9.17, 15) is 0 Å². The summed E-state index contributed by atoms with van der Waals surface area (Å²) >= 11 is 0. The number of rotatable bonds is 6. The van der Waals surface area contributed by atoms with Gasteiger partial charge in [0.05, 0.1) is 19.8 Å². The van der Waals surface area contributed by atoms with Crippen molar-refractivity contribution in [1.29, 1.82) is 0 Å². The lowest BCUT2D eigenvalue weighted by molar-refractivity contribution is 0.0314. The van der Waals surface area contributed by atoms with E-state index in [0.29, 0.717) is 0 Å². The number of hydrogen-bond donors (Lipinski definition) is 1. The van der Waals surface area contributed by atoms with Crippen molar-refractivity contribution in [3.63, 3.8) is 0 Å². The number of methoxy groups -OCH3 is 1. The third kappa shape index (κ3) is 3.45. The van der Waals surface area contributed by atoms with Gasteiger partial charge in [-0.1, -0.05) is 12.1 Å². The molecule has 1 aliphatic carbocycles. The van der Waals surface area contributed by atoms with Crippen LogP contribution < -0.4 is 10.5 Å². The molecule has 2 rings (SSSR count). The van der Waals surface area contributed by atoms with Crippen molar-refractivity contribution in [2.45, 2.75) is 31.9 Å². The van der Waals surface area contributed by atoms with Crippen molar-refractivity contribution in [1.82, 2.24) is 0 Å². The van der Waals surface area contributed by atoms with Crippen molar-refractivity contribution in [2.24, 2.45) is 11.7 Å². The van der Waals surface area contributed by atoms with Crippen LogP contribution >= 0.6 is 0 Å². The second-order valence-corrected chi connectivity index (χ2v) is 4.83. The van der Waals surface area contributed by atoms with Crippen LogP contribution in [-0.2, 0) is 4.74 Å². The summed E-state index contributed by atoms with van der Waals surface area (Å²) in [6.07, 6.45) is 2.59. The molecule has 3 heteroatoms. The average molecular weight is 235 g/mol. The molecule has 2 atom stereocenters. The summed E-state index contributed by atoms with van der Waals surface area (Å²) < 4.78 is 11.1. The van der Waals surface area contributed by atoms with Crippen LogP contribution in [0.2, 0.25) is 0 Å². The first-order valence-electron chi connectivity index (χ1n) is 6.22. The van der Waals surface area contributed by atoms with Crippen molar-refractivity contribution in [3.8, 4) is 5.75 Å². The largest absolute Gasteiger partial charge is 0.497 e. The molecule has 0 aliphatic heterocycles. The third-order valence-electron chi connectivity index (χ3n) is 3.13. The zero-order chi connectivity index (χ0) is 12.3. The SMILES string of the molecule is COc1ccc(C(OCC2CC2)C(C)N)cc1. The smallest absolute Gasteiger partial charge is 0.118 e. The van der Waals surface area contributed by atoms with E-state index in [2.05, 4.69) is 0 Å². The molecule has 2 unspecified atom stereocenters. The highest BCUT2D eigenvalue weighted by atomic mass is 16.5. The fraction of sp³-hybridized carbons (Fsp3) is 0.571. The first kappa shape index (κ1) is 12.4. The predicted molar refractivity (Wildman–Crippen MR) is 68.1 cm³/mol. The minimum absolute atomic E-state index is 0.00199. The van der Waals surface area contributed by atoms with Gasteiger partial charge >= 0.3 is 0 Å². The second kappa shape index (κ2) is 5.52. The van der Waals surface area contributed by atoms with Crippen LogP contribution in [0.4, 0.5) is 0 Å². The normalized spacial score (nSPS) is 18.8. The van der Waals surface area contributed by atoms with Crippen LogP contribution in [0.25, 0.3) is 0 Å². The molecule has 1 aliphatic rings. The molecule has 0 amide bonds. The van der Waals surface area contributed by atoms with Crippen LogP contribution in [0.3, 0.4) is 0 Å². The van der Waals surface area contributed by atoms with E-state index in [1.165, 1.54) is 12.8 Å². The molecular weight excluding hydrogens is 214 g/mol. The lowest BCUT2D eigenvalue weighted by Gasteiger charge is -2.22. The van der Waals surface area contributed by atoms with E-state index in [1.807, 2.05) is 31.2 Å². The Bertz CT molecular complexity index is 344. The summed E-state index contributed by atoms with van der Waals surface area (Å²) in [5.41, 5.74) is 7.12. The monoisotopic (exact) mass is 235 g/mol. The summed E-state index contributed by atoms with van der Waals surface area (Å²) in [7, 11) is 1.67. The molecule has 0 radical (unpaired) electrons. The van der Waals surface area contributed by atoms with Crippen LogP contribution in [-0.4, -0.2) is 19.8 Å². The van der Waals surface area contributed by atoms with E-state index in [-0.39, 0.29) is 12.1 Å². The average Bonchev–Trinajstić information content (AvgIpc) is 3.14. The number of ether oxygens (including phenoxy) is 2. The number of hydrogen-bond acceptors (Lipinski definition) is 3. The molecule has 0 spiro atoms. The minimum Gasteiger partial charge on any atom is -0.497 e. The van der Waals surface area contributed by atoms with Gasteiger partial charge < -0.3 is 15.2 Å². The molecule has 1 fully saturated rings. The van der Waals surface area contributed by atoms with E-state index in [1.54, 1.807) is 7.11 Å². The third-order valence-corrected chi connectivity index (χ3v) is 3.13. The molecule has 0 heterocycles. The fourth-order valence-electron chi connectivity index (χ4n) is 1.87. The Hall–Kier alpha value is -1.06. The topological polar surface area (TPSA) is 44.5 Å². The first-order chi connectivity index (χ1) is 8.20. The Kier molecular flexibility index (Phi) is 4.02. The maximum atomic E-state index is 5.99. The quantitative estimate of drug-likeness (QED) is 0.824. The first-order valence-corrected chi connectivity index (χ1v) is 6.22. The van der Waals surface area contributed by atoms with Crippen molar-refractivity contribution < 1.29 is 9.47 Å². The molecular formula is C14H21NO2. The van der Waals surface area contributed by atoms with Crippen LogP contribution in [0.5, 0.6) is 5.75 Å². The molecule has 3 nitrogen and oxygen atoms in total. The molecule has 1 aromatic carbocycles. The summed E-state index contributed by atoms with van der Waals surface area (Å²) in [4.78, 5) is 0. The van der Waals surface area contributed by atoms with Gasteiger partial charge in [0.15, 0.2) is 0 Å². The van der Waals surface area contributed by atoms with Crippen LogP contribution in [0.15, 0.2) is 24.3 Å². The van der Waals surface area contributed by atoms with Gasteiger partial charge in [-0.25, -0.2) is 0 Å². The maximum Gasteiger partial charge on any atom is 0.118 e. The zero-order valence-electron chi connectivity index (χ0n) is 10.6. The van der Waals surface area contributed by atoms with Crippen LogP contribution in [0, 0.1) is 5.92 Å². The lowest BCUT2D eigenvalue weighted by Crippen LogP contribution is -2.27. The van der Waals surface area contributed by atoms with Gasteiger partial charge in [0.25, 0.3) is 0 Å². The maximum absolute atomic E-state index is 5.99. The van der Waals surface area contributed by atoms with Crippen molar-refractivity contribution >= 4 is 0 Å². The van der Waals surface area contributed by atoms with E-state index >= 15 is 0 Å². The second-order valence-electron chi connectivity index (χ2n) is 4.83. The van der Waals surface area contributed by atoms with Gasteiger partial charge in [-0.2, -0.15) is 0 Å². The molecule has 0 saturated heterocycles. The van der Waals surface area contributed by atoms with Gasteiger partial charge in [0, 0.05) is 6.04 Å². The zero-order valence-corrected chi connectivity index (χ0v) is 10.6. The molecule has 0 aromatic heterocycles. The Morgan fingerprint density at radius 1 is 1.29 bits per heavy atom. The van der Waals surface area contributed by atoms with E-state index in [0.717, 1.165) is 23.8 Å². The molecule has 94 valence electrons. The Labute approximate surface area is 103 Å². The molecule has 1 saturated carbocycles. The standard InChI is InChI=1S/C14H21NO2/c1-10(15)14(17-9-11-3-4-11)12-5-7-13(16-2)8-6-12/h5-8,10-11,14H,3-4,9,15H2,1-2H3. The minimum atomic E-state index is -0.0125. The van der Waals surface area contributed by atoms with Gasteiger partial charge in [0.2, 0.25) is 0 Å². The van der Waals surface area contributed by atoms with E-state index in [4.69, 9.17) is 15.2 Å². The Balaban J connectivity index is 2.01. The van der Waals surface area contributed by atoms with Crippen molar-refractivity contribution in [3.05, 3.63) is 29.8 Å². The Morgan fingerprint density at radius 2 is 1.94 bits per heavy atom. The van der Waals surface area contributed by atoms with Gasteiger partial charge in [0.1, 0.15) is 5.75 Å². The van der Waals surface area contributed by atoms with Gasteiger partial charge in [-0.05, 0) is 43.4 Å². The highest BCUT2D eigenvalue weighted by molar-refractivity contribution is 5.29. The molecule has 17 heavy (non-hydrogen) atoms. The fourth-order valence-corrected chi connectivity index (χ4v) is 1.87. The lowest BCUT2D eigenvalue weighted by atomic mass is 10.0. The summed E-state index contributed by atoms with van der Waals surface area (Å²) in [6, 6.07) is 7.96. The molecule has 2 N–H and O–H groups in total. The number of benzene rings is 1.